The molecule has 0 amide bonds. The Morgan fingerprint density at radius 2 is 2.11 bits per heavy atom. The van der Waals surface area contributed by atoms with Crippen molar-refractivity contribution in [2.45, 2.75) is 43.1 Å². The zero-order chi connectivity index (χ0) is 13.7. The summed E-state index contributed by atoms with van der Waals surface area (Å²) in [5.41, 5.74) is 7.52. The zero-order valence-electron chi connectivity index (χ0n) is 11.4. The van der Waals surface area contributed by atoms with Crippen LogP contribution in [0.3, 0.4) is 0 Å². The van der Waals surface area contributed by atoms with Gasteiger partial charge in [-0.1, -0.05) is 25.3 Å². The van der Waals surface area contributed by atoms with Gasteiger partial charge in [0.2, 0.25) is 0 Å². The van der Waals surface area contributed by atoms with E-state index in [1.54, 1.807) is 7.11 Å². The van der Waals surface area contributed by atoms with Gasteiger partial charge < -0.3 is 10.5 Å². The second kappa shape index (κ2) is 6.85. The Bertz CT molecular complexity index is 442. The van der Waals surface area contributed by atoms with Crippen molar-refractivity contribution >= 4 is 17.6 Å². The number of nitrogens with one attached hydrogen (secondary N) is 1. The molecule has 4 heteroatoms. The van der Waals surface area contributed by atoms with Crippen LogP contribution in [0.15, 0.2) is 18.2 Å². The molecular formula is C15H22N2OS. The molecule has 0 radical (unpaired) electrons. The van der Waals surface area contributed by atoms with E-state index in [-0.39, 0.29) is 5.84 Å². The molecule has 0 bridgehead atoms. The minimum Gasteiger partial charge on any atom is -0.496 e. The van der Waals surface area contributed by atoms with E-state index in [0.29, 0.717) is 11.3 Å². The summed E-state index contributed by atoms with van der Waals surface area (Å²) in [6, 6.07) is 5.96. The molecule has 1 aromatic rings. The third kappa shape index (κ3) is 3.90. The number of amidine groups is 1. The van der Waals surface area contributed by atoms with Crippen LogP contribution in [0.5, 0.6) is 5.75 Å². The first-order chi connectivity index (χ1) is 9.20. The molecule has 1 fully saturated rings. The highest BCUT2D eigenvalue weighted by atomic mass is 32.2. The third-order valence-corrected chi connectivity index (χ3v) is 5.03. The topological polar surface area (TPSA) is 59.1 Å². The largest absolute Gasteiger partial charge is 0.496 e. The van der Waals surface area contributed by atoms with E-state index in [1.165, 1.54) is 37.7 Å². The first kappa shape index (κ1) is 14.3. The maximum atomic E-state index is 7.60. The second-order valence-electron chi connectivity index (χ2n) is 5.02. The maximum Gasteiger partial charge on any atom is 0.129 e. The molecule has 0 saturated heterocycles. The van der Waals surface area contributed by atoms with Gasteiger partial charge in [-0.2, -0.15) is 11.8 Å². The molecule has 19 heavy (non-hydrogen) atoms. The average molecular weight is 278 g/mol. The summed E-state index contributed by atoms with van der Waals surface area (Å²) in [6.07, 6.45) is 6.84. The number of benzene rings is 1. The van der Waals surface area contributed by atoms with Crippen molar-refractivity contribution in [3.63, 3.8) is 0 Å². The number of hydrogen-bond donors (Lipinski definition) is 2. The molecule has 3 N–H and O–H groups in total. The van der Waals surface area contributed by atoms with Gasteiger partial charge in [0.25, 0.3) is 0 Å². The summed E-state index contributed by atoms with van der Waals surface area (Å²) in [5, 5.41) is 8.40. The van der Waals surface area contributed by atoms with Gasteiger partial charge in [-0.15, -0.1) is 0 Å². The molecule has 1 aliphatic carbocycles. The Hall–Kier alpha value is -1.16. The Balaban J connectivity index is 2.00. The van der Waals surface area contributed by atoms with E-state index in [2.05, 4.69) is 6.07 Å². The van der Waals surface area contributed by atoms with Crippen molar-refractivity contribution in [1.29, 1.82) is 5.41 Å². The molecule has 0 aliphatic heterocycles. The monoisotopic (exact) mass is 278 g/mol. The van der Waals surface area contributed by atoms with Crippen LogP contribution in [0, 0.1) is 5.41 Å². The quantitative estimate of drug-likeness (QED) is 0.639. The molecule has 0 unspecified atom stereocenters. The molecule has 2 rings (SSSR count). The average Bonchev–Trinajstić information content (AvgIpc) is 2.46. The number of nitrogens with two attached hydrogens (primary N) is 1. The standard InChI is InChI=1S/C15H22N2OS/c1-18-14-8-7-11(9-13(14)15(16)17)10-19-12-5-3-2-4-6-12/h7-9,12H,2-6,10H2,1H3,(H3,16,17). The molecule has 1 saturated carbocycles. The van der Waals surface area contributed by atoms with Crippen LogP contribution in [0.25, 0.3) is 0 Å². The van der Waals surface area contributed by atoms with Crippen LogP contribution in [0.2, 0.25) is 0 Å². The van der Waals surface area contributed by atoms with Gasteiger partial charge in [0.05, 0.1) is 12.7 Å². The second-order valence-corrected chi connectivity index (χ2v) is 6.31. The number of methoxy groups -OCH3 is 1. The zero-order valence-corrected chi connectivity index (χ0v) is 12.3. The van der Waals surface area contributed by atoms with E-state index in [0.717, 1.165) is 11.0 Å². The Morgan fingerprint density at radius 3 is 2.74 bits per heavy atom. The lowest BCUT2D eigenvalue weighted by molar-refractivity contribution is 0.413. The van der Waals surface area contributed by atoms with Gasteiger partial charge in [-0.25, -0.2) is 0 Å². The van der Waals surface area contributed by atoms with Crippen LogP contribution in [-0.2, 0) is 5.75 Å². The molecule has 3 nitrogen and oxygen atoms in total. The molecule has 1 aromatic carbocycles. The van der Waals surface area contributed by atoms with E-state index >= 15 is 0 Å². The SMILES string of the molecule is COc1ccc(CSC2CCCCC2)cc1C(=N)N. The molecular weight excluding hydrogens is 256 g/mol. The van der Waals surface area contributed by atoms with Gasteiger partial charge in [0, 0.05) is 11.0 Å². The first-order valence-electron chi connectivity index (χ1n) is 6.83. The number of rotatable bonds is 5. The van der Waals surface area contributed by atoms with Crippen LogP contribution in [0.4, 0.5) is 0 Å². The van der Waals surface area contributed by atoms with Crippen molar-refractivity contribution in [3.8, 4) is 5.75 Å². The lowest BCUT2D eigenvalue weighted by Gasteiger charge is -2.21. The first-order valence-corrected chi connectivity index (χ1v) is 7.88. The fourth-order valence-electron chi connectivity index (χ4n) is 2.50. The van der Waals surface area contributed by atoms with Crippen molar-refractivity contribution in [2.24, 2.45) is 5.73 Å². The van der Waals surface area contributed by atoms with E-state index in [1.807, 2.05) is 23.9 Å². The Morgan fingerprint density at radius 1 is 1.37 bits per heavy atom. The molecule has 1 aliphatic rings. The molecule has 0 aromatic heterocycles. The summed E-state index contributed by atoms with van der Waals surface area (Å²) >= 11 is 2.03. The summed E-state index contributed by atoms with van der Waals surface area (Å²) < 4.78 is 5.23. The van der Waals surface area contributed by atoms with Crippen LogP contribution in [-0.4, -0.2) is 18.2 Å². The fraction of sp³-hybridized carbons (Fsp3) is 0.533. The summed E-state index contributed by atoms with van der Waals surface area (Å²) in [4.78, 5) is 0. The minimum absolute atomic E-state index is 0.0707. The number of hydrogen-bond acceptors (Lipinski definition) is 3. The highest BCUT2D eigenvalue weighted by Gasteiger charge is 2.14. The summed E-state index contributed by atoms with van der Waals surface area (Å²) in [7, 11) is 1.61. The van der Waals surface area contributed by atoms with Gasteiger partial charge >= 0.3 is 0 Å². The minimum atomic E-state index is 0.0707. The van der Waals surface area contributed by atoms with Crippen molar-refractivity contribution in [1.82, 2.24) is 0 Å². The van der Waals surface area contributed by atoms with Crippen molar-refractivity contribution in [2.75, 3.05) is 7.11 Å². The number of nitrogen functional groups attached to an aromatic ring is 1. The van der Waals surface area contributed by atoms with Crippen LogP contribution >= 0.6 is 11.8 Å². The highest BCUT2D eigenvalue weighted by molar-refractivity contribution is 7.99. The molecule has 0 heterocycles. The van der Waals surface area contributed by atoms with Gasteiger partial charge in [0.1, 0.15) is 11.6 Å². The van der Waals surface area contributed by atoms with Gasteiger partial charge in [-0.3, -0.25) is 5.41 Å². The third-order valence-electron chi connectivity index (χ3n) is 3.59. The highest BCUT2D eigenvalue weighted by Crippen LogP contribution is 2.31. The Labute approximate surface area is 119 Å². The fourth-order valence-corrected chi connectivity index (χ4v) is 3.78. The molecule has 104 valence electrons. The Kier molecular flexibility index (Phi) is 5.14. The van der Waals surface area contributed by atoms with Crippen molar-refractivity contribution in [3.05, 3.63) is 29.3 Å². The lowest BCUT2D eigenvalue weighted by Crippen LogP contribution is -2.13. The summed E-state index contributed by atoms with van der Waals surface area (Å²) in [5.74, 6) is 1.75. The van der Waals surface area contributed by atoms with E-state index in [4.69, 9.17) is 15.9 Å². The number of ether oxygens (including phenoxy) is 1. The smallest absolute Gasteiger partial charge is 0.129 e. The summed E-state index contributed by atoms with van der Waals surface area (Å²) in [6.45, 7) is 0. The number of thioether (sulfide) groups is 1. The predicted molar refractivity (Wildman–Crippen MR) is 82.2 cm³/mol. The van der Waals surface area contributed by atoms with Crippen LogP contribution < -0.4 is 10.5 Å². The lowest BCUT2D eigenvalue weighted by atomic mass is 10.0. The van der Waals surface area contributed by atoms with Gasteiger partial charge in [0.15, 0.2) is 0 Å². The van der Waals surface area contributed by atoms with Crippen molar-refractivity contribution < 1.29 is 4.74 Å². The maximum absolute atomic E-state index is 7.60. The van der Waals surface area contributed by atoms with Gasteiger partial charge in [-0.05, 0) is 30.5 Å². The molecule has 0 atom stereocenters. The molecule has 0 spiro atoms. The predicted octanol–water partition coefficient (Wildman–Crippen LogP) is 3.55. The van der Waals surface area contributed by atoms with Crippen LogP contribution in [0.1, 0.15) is 43.2 Å². The van der Waals surface area contributed by atoms with E-state index < -0.39 is 0 Å². The van der Waals surface area contributed by atoms with E-state index in [9.17, 15) is 0 Å². The normalized spacial score (nSPS) is 16.3.